The SMILES string of the molecule is CC(=O)Oc1c(Cl)cc2c(C(N)=O)c(CC(=O)Nc3cccc(CN(C)C)c3)sc2c1Cl.CNC(=O)Cc1sc2c(C(C)C)cc(N)cc2c1C(N)=O.CNC(=O)Nc1sc2c(Cl)c(O)c(Cl)cc2c1C(N)=O.NC(=O)Cc1sc2cc(O)c(Br)cc2c1C(N)=O. The fourth-order valence-corrected chi connectivity index (χ4v) is 15.6. The second kappa shape index (κ2) is 30.9. The molecule has 0 saturated carbocycles. The summed E-state index contributed by atoms with van der Waals surface area (Å²) in [5.74, 6) is -4.14. The average molecular weight is 1460 g/mol. The van der Waals surface area contributed by atoms with E-state index in [1.807, 2.05) is 43.3 Å². The van der Waals surface area contributed by atoms with Crippen molar-refractivity contribution in [1.82, 2.24) is 15.5 Å². The summed E-state index contributed by atoms with van der Waals surface area (Å²) in [6, 6.07) is 16.6. The van der Waals surface area contributed by atoms with Gasteiger partial charge in [-0.25, -0.2) is 4.79 Å². The molecule has 32 heteroatoms. The van der Waals surface area contributed by atoms with Crippen LogP contribution >= 0.6 is 108 Å². The first-order valence-corrected chi connectivity index (χ1v) is 32.0. The number of likely N-dealkylation sites (N-methyl/N-ethyl adjacent to an activating group) is 1. The Morgan fingerprint density at radius 2 is 1.16 bits per heavy atom. The number of carbonyl (C=O) groups excluding carboxylic acids is 9. The number of benzene rings is 5. The van der Waals surface area contributed by atoms with E-state index in [-0.39, 0.29) is 96.0 Å². The third-order valence-corrected chi connectivity index (χ3v) is 19.7. The first-order valence-electron chi connectivity index (χ1n) is 26.4. The van der Waals surface area contributed by atoms with Gasteiger partial charge in [-0.1, -0.05) is 72.4 Å². The van der Waals surface area contributed by atoms with E-state index in [1.165, 1.54) is 54.8 Å². The molecule has 480 valence electrons. The molecule has 0 radical (unpaired) electrons. The summed E-state index contributed by atoms with van der Waals surface area (Å²) in [4.78, 5) is 109. The lowest BCUT2D eigenvalue weighted by Gasteiger charge is -2.11. The molecule has 9 aromatic rings. The van der Waals surface area contributed by atoms with E-state index >= 15 is 0 Å². The molecule has 0 aliphatic rings. The highest BCUT2D eigenvalue weighted by Crippen LogP contribution is 2.48. The van der Waals surface area contributed by atoms with Crippen LogP contribution in [0.25, 0.3) is 40.3 Å². The second-order valence-corrected chi connectivity index (χ2v) is 26.9. The van der Waals surface area contributed by atoms with Crippen LogP contribution in [0.1, 0.15) is 93.9 Å². The zero-order valence-corrected chi connectivity index (χ0v) is 57.0. The van der Waals surface area contributed by atoms with Gasteiger partial charge in [-0.2, -0.15) is 0 Å². The second-order valence-electron chi connectivity index (χ2n) is 20.1. The van der Waals surface area contributed by atoms with Gasteiger partial charge in [0.05, 0.1) is 65.4 Å². The summed E-state index contributed by atoms with van der Waals surface area (Å²) in [6.07, 6.45) is 0.00787. The van der Waals surface area contributed by atoms with Crippen LogP contribution in [0.2, 0.25) is 20.1 Å². The number of ether oxygens (including phenoxy) is 1. The third-order valence-electron chi connectivity index (χ3n) is 12.8. The van der Waals surface area contributed by atoms with Gasteiger partial charge in [0.2, 0.25) is 35.4 Å². The van der Waals surface area contributed by atoms with Gasteiger partial charge in [0, 0.05) is 84.5 Å². The number of nitrogens with zero attached hydrogens (tertiary/aromatic N) is 1. The first-order chi connectivity index (χ1) is 42.7. The van der Waals surface area contributed by atoms with Crippen molar-refractivity contribution in [3.05, 3.63) is 133 Å². The van der Waals surface area contributed by atoms with Gasteiger partial charge in [-0.15, -0.1) is 45.3 Å². The average Bonchev–Trinajstić information content (AvgIpc) is 1.69. The van der Waals surface area contributed by atoms with E-state index in [1.54, 1.807) is 25.2 Å². The van der Waals surface area contributed by atoms with Crippen LogP contribution in [0.4, 0.5) is 21.2 Å². The van der Waals surface area contributed by atoms with Crippen molar-refractivity contribution in [2.24, 2.45) is 28.7 Å². The Kier molecular flexibility index (Phi) is 24.4. The third kappa shape index (κ3) is 17.3. The number of phenols is 2. The molecule has 0 aliphatic heterocycles. The van der Waals surface area contributed by atoms with Crippen LogP contribution in [0.15, 0.2) is 65.1 Å². The summed E-state index contributed by atoms with van der Waals surface area (Å²) in [5.41, 5.74) is 37.2. The van der Waals surface area contributed by atoms with E-state index in [9.17, 15) is 53.4 Å². The smallest absolute Gasteiger partial charge is 0.319 e. The number of nitrogen functional groups attached to an aromatic ring is 1. The molecule has 0 saturated heterocycles. The number of nitrogens with two attached hydrogens (primary N) is 6. The largest absolute Gasteiger partial charge is 0.507 e. The quantitative estimate of drug-likeness (QED) is 0.0243. The predicted molar refractivity (Wildman–Crippen MR) is 367 cm³/mol. The van der Waals surface area contributed by atoms with E-state index in [4.69, 9.17) is 85.5 Å². The van der Waals surface area contributed by atoms with Gasteiger partial charge in [-0.05, 0) is 95.6 Å². The number of rotatable bonds is 16. The van der Waals surface area contributed by atoms with Crippen molar-refractivity contribution in [2.75, 3.05) is 44.6 Å². The standard InChI is InChI=1S/C22H21Cl2N3O4S.C15H19N3O2S.C11H9BrN2O3S.C11H9Cl2N3O3S/c1-11(28)31-20-15(23)8-14-18(22(25)30)16(32-21(14)19(20)24)9-17(29)26-13-6-4-5-12(7-13)10-27(2)3;1-7(2)9-4-8(16)5-10-13(15(17)20)11(21-14(9)10)6-12(19)18-3;12-5-1-4-7(2-6(5)15)18-8(3-9(13)16)10(4)11(14)17;1-15-11(19)16-10-5(9(14)18)3-2-4(12)7(17)6(13)8(3)20-10/h4-8H,9-10H2,1-3H3,(H2,25,30)(H,26,29);4-5,7H,6,16H2,1-3H3,(H2,17,20)(H,18,19);1-2,15H,3H2,(H2,13,16)(H2,14,17);2,17H,1H3,(H2,14,18)(H2,15,16,19). The van der Waals surface area contributed by atoms with Crippen molar-refractivity contribution in [1.29, 1.82) is 0 Å². The number of esters is 1. The molecule has 9 rings (SSSR count). The van der Waals surface area contributed by atoms with Crippen LogP contribution in [0.3, 0.4) is 0 Å². The maximum Gasteiger partial charge on any atom is 0.319 e. The fraction of sp³-hybridized carbons (Fsp3) is 0.203. The highest BCUT2D eigenvalue weighted by atomic mass is 79.9. The normalized spacial score (nSPS) is 10.9. The number of hydrogen-bond acceptors (Lipinski definition) is 18. The molecule has 5 aromatic carbocycles. The van der Waals surface area contributed by atoms with Crippen molar-refractivity contribution < 1.29 is 58.1 Å². The Morgan fingerprint density at radius 3 is 1.71 bits per heavy atom. The molecular weight excluding hydrogens is 1400 g/mol. The molecule has 0 bridgehead atoms. The van der Waals surface area contributed by atoms with E-state index in [0.717, 1.165) is 50.4 Å². The Morgan fingerprint density at radius 1 is 0.626 bits per heavy atom. The fourth-order valence-electron chi connectivity index (χ4n) is 9.01. The minimum atomic E-state index is -0.736. The summed E-state index contributed by atoms with van der Waals surface area (Å²) >= 11 is 32.4. The Hall–Kier alpha value is -8.03. The Bertz CT molecular complexity index is 4430. The van der Waals surface area contributed by atoms with E-state index in [2.05, 4.69) is 51.0 Å². The van der Waals surface area contributed by atoms with Crippen molar-refractivity contribution in [3.63, 3.8) is 0 Å². The number of anilines is 3. The lowest BCUT2D eigenvalue weighted by atomic mass is 9.98. The van der Waals surface area contributed by atoms with Crippen molar-refractivity contribution in [2.45, 2.75) is 52.5 Å². The van der Waals surface area contributed by atoms with Crippen LogP contribution in [0, 0.1) is 0 Å². The number of carbonyl (C=O) groups is 9. The topological polar surface area (TPSA) is 411 Å². The molecule has 0 aliphatic carbocycles. The highest BCUT2D eigenvalue weighted by molar-refractivity contribution is 9.10. The van der Waals surface area contributed by atoms with Gasteiger partial charge >= 0.3 is 12.0 Å². The van der Waals surface area contributed by atoms with E-state index < -0.39 is 41.5 Å². The zero-order chi connectivity index (χ0) is 67.8. The van der Waals surface area contributed by atoms with Crippen LogP contribution in [0.5, 0.6) is 17.2 Å². The zero-order valence-electron chi connectivity index (χ0n) is 49.1. The summed E-state index contributed by atoms with van der Waals surface area (Å²) in [5, 5.41) is 32.0. The summed E-state index contributed by atoms with van der Waals surface area (Å²) in [6.45, 7) is 6.09. The number of nitrogens with one attached hydrogen (secondary N) is 4. The van der Waals surface area contributed by atoms with E-state index in [0.29, 0.717) is 66.3 Å². The summed E-state index contributed by atoms with van der Waals surface area (Å²) < 4.78 is 8.08. The molecule has 4 aromatic heterocycles. The van der Waals surface area contributed by atoms with Crippen LogP contribution in [-0.2, 0) is 45.0 Å². The molecule has 0 spiro atoms. The predicted octanol–water partition coefficient (Wildman–Crippen LogP) is 10.7. The first kappa shape index (κ1) is 72.0. The number of aromatic hydroxyl groups is 2. The maximum atomic E-state index is 12.7. The molecule has 0 atom stereocenters. The molecule has 0 unspecified atom stereocenters. The molecule has 0 fully saturated rings. The van der Waals surface area contributed by atoms with Crippen molar-refractivity contribution >= 4 is 218 Å². The van der Waals surface area contributed by atoms with Crippen LogP contribution in [-0.4, -0.2) is 96.7 Å². The summed E-state index contributed by atoms with van der Waals surface area (Å²) in [7, 11) is 6.92. The van der Waals surface area contributed by atoms with Gasteiger partial charge < -0.3 is 70.2 Å². The number of amides is 9. The lowest BCUT2D eigenvalue weighted by molar-refractivity contribution is -0.132. The molecule has 4 heterocycles. The van der Waals surface area contributed by atoms with Crippen molar-refractivity contribution in [3.8, 4) is 17.2 Å². The number of thiophene rings is 4. The van der Waals surface area contributed by atoms with Gasteiger partial charge in [-0.3, -0.25) is 43.7 Å². The molecule has 9 amide bonds. The molecule has 23 nitrogen and oxygen atoms in total. The molecule has 91 heavy (non-hydrogen) atoms. The van der Waals surface area contributed by atoms with Crippen LogP contribution < -0.4 is 60.4 Å². The van der Waals surface area contributed by atoms with Gasteiger partial charge in [0.25, 0.3) is 5.91 Å². The highest BCUT2D eigenvalue weighted by Gasteiger charge is 2.27. The minimum absolute atomic E-state index is 0.000637. The Balaban J connectivity index is 0.000000198. The molecule has 18 N–H and O–H groups in total. The number of halogens is 5. The lowest BCUT2D eigenvalue weighted by Crippen LogP contribution is -2.25. The van der Waals surface area contributed by atoms with Gasteiger partial charge in [0.1, 0.15) is 20.8 Å². The number of phenolic OH excluding ortho intramolecular Hbond substituents is 2. The monoisotopic (exact) mass is 1460 g/mol. The van der Waals surface area contributed by atoms with Gasteiger partial charge in [0.15, 0.2) is 11.5 Å². The number of urea groups is 1. The number of hydrogen-bond donors (Lipinski definition) is 12. The number of fused-ring (bicyclic) bond motifs is 4. The number of primary amides is 5. The Labute approximate surface area is 563 Å². The maximum absolute atomic E-state index is 12.7. The minimum Gasteiger partial charge on any atom is -0.507 e. The molecular formula is C59H58BrCl4N11O12S4.